The summed E-state index contributed by atoms with van der Waals surface area (Å²) in [7, 11) is 1.95. The van der Waals surface area contributed by atoms with E-state index in [0.29, 0.717) is 6.04 Å². The van der Waals surface area contributed by atoms with Gasteiger partial charge in [0.2, 0.25) is 0 Å². The predicted molar refractivity (Wildman–Crippen MR) is 277 cm³/mol. The van der Waals surface area contributed by atoms with Crippen LogP contribution < -0.4 is 15.5 Å². The van der Waals surface area contributed by atoms with Crippen molar-refractivity contribution in [1.29, 1.82) is 0 Å². The smallest absolute Gasteiger partial charge is 0.0544 e. The van der Waals surface area contributed by atoms with Gasteiger partial charge >= 0.3 is 0 Å². The van der Waals surface area contributed by atoms with Crippen LogP contribution in [0.5, 0.6) is 0 Å². The van der Waals surface area contributed by atoms with E-state index >= 15 is 0 Å². The third kappa shape index (κ3) is 9.31. The number of hydrogen-bond acceptors (Lipinski definition) is 3. The van der Waals surface area contributed by atoms with E-state index in [9.17, 15) is 0 Å². The van der Waals surface area contributed by atoms with Gasteiger partial charge < -0.3 is 15.5 Å². The maximum Gasteiger partial charge on any atom is 0.0544 e. The van der Waals surface area contributed by atoms with Gasteiger partial charge in [0, 0.05) is 35.3 Å². The van der Waals surface area contributed by atoms with E-state index in [1.54, 1.807) is 0 Å². The molecule has 2 heterocycles. The molecule has 3 nitrogen and oxygen atoms in total. The highest BCUT2D eigenvalue weighted by Crippen LogP contribution is 2.60. The summed E-state index contributed by atoms with van der Waals surface area (Å²) in [4.78, 5) is 2.54. The van der Waals surface area contributed by atoms with Crippen LogP contribution in [0.4, 0.5) is 22.7 Å². The molecular formula is C61H61N3. The number of allylic oxidation sites excluding steroid dienone is 7. The highest BCUT2D eigenvalue weighted by Gasteiger charge is 2.45. The van der Waals surface area contributed by atoms with E-state index < -0.39 is 0 Å². The number of nitrogens with zero attached hydrogens (tertiary/aromatic N) is 1. The first-order chi connectivity index (χ1) is 31.0. The molecule has 0 saturated carbocycles. The summed E-state index contributed by atoms with van der Waals surface area (Å²) < 4.78 is 0. The molecule has 320 valence electrons. The number of rotatable bonds is 7. The lowest BCUT2D eigenvalue weighted by Gasteiger charge is -2.49. The molecule has 2 aliphatic heterocycles. The normalized spacial score (nSPS) is 16.2. The average molecular weight is 836 g/mol. The topological polar surface area (TPSA) is 27.3 Å². The van der Waals surface area contributed by atoms with Crippen molar-refractivity contribution in [2.24, 2.45) is 0 Å². The number of nitrogens with one attached hydrogen (secondary N) is 2. The first kappa shape index (κ1) is 43.5. The van der Waals surface area contributed by atoms with Crippen molar-refractivity contribution in [2.45, 2.75) is 64.8 Å². The molecule has 3 aliphatic rings. The van der Waals surface area contributed by atoms with Crippen LogP contribution in [0.2, 0.25) is 0 Å². The Balaban J connectivity index is 0.000000272. The number of hydrogen-bond donors (Lipinski definition) is 2. The summed E-state index contributed by atoms with van der Waals surface area (Å²) in [6.07, 6.45) is 20.4. The highest BCUT2D eigenvalue weighted by atomic mass is 15.2. The first-order valence-electron chi connectivity index (χ1n) is 22.6. The van der Waals surface area contributed by atoms with Crippen molar-refractivity contribution >= 4 is 39.6 Å². The molecule has 0 bridgehead atoms. The molecular weight excluding hydrogens is 775 g/mol. The van der Waals surface area contributed by atoms with Crippen molar-refractivity contribution in [1.82, 2.24) is 5.32 Å². The zero-order valence-corrected chi connectivity index (χ0v) is 38.4. The van der Waals surface area contributed by atoms with E-state index in [-0.39, 0.29) is 10.8 Å². The molecule has 7 aromatic carbocycles. The Labute approximate surface area is 381 Å². The second kappa shape index (κ2) is 19.1. The summed E-state index contributed by atoms with van der Waals surface area (Å²) in [6, 6.07) is 57.1. The minimum absolute atomic E-state index is 0.142. The van der Waals surface area contributed by atoms with Gasteiger partial charge in [-0.15, -0.1) is 0 Å². The van der Waals surface area contributed by atoms with Crippen LogP contribution in [0.1, 0.15) is 74.4 Å². The SMILES string of the molecule is CN/C(C)=C/C=C\C=C/c1cc2c3c(c1)C(C)(C)c1cc(-c4ccc(NC5C=CC=CC5)cc4)ccc1N3c1ccccc1C2(C)C.Cc1ccccc1.c1ccc2ccccc2c1. The summed E-state index contributed by atoms with van der Waals surface area (Å²) >= 11 is 0. The minimum atomic E-state index is -0.205. The first-order valence-corrected chi connectivity index (χ1v) is 22.6. The van der Waals surface area contributed by atoms with Crippen LogP contribution in [0, 0.1) is 6.92 Å². The van der Waals surface area contributed by atoms with E-state index in [2.05, 4.69) is 251 Å². The van der Waals surface area contributed by atoms with Crippen LogP contribution in [0.3, 0.4) is 0 Å². The molecule has 0 spiro atoms. The van der Waals surface area contributed by atoms with Gasteiger partial charge in [0.05, 0.1) is 17.1 Å². The van der Waals surface area contributed by atoms with Crippen LogP contribution >= 0.6 is 0 Å². The maximum absolute atomic E-state index is 3.65. The van der Waals surface area contributed by atoms with Crippen LogP contribution in [-0.4, -0.2) is 13.1 Å². The molecule has 0 radical (unpaired) electrons. The molecule has 0 amide bonds. The lowest BCUT2D eigenvalue weighted by molar-refractivity contribution is 0.597. The van der Waals surface area contributed by atoms with E-state index in [1.165, 1.54) is 72.3 Å². The van der Waals surface area contributed by atoms with Crippen molar-refractivity contribution in [2.75, 3.05) is 17.3 Å². The second-order valence-corrected chi connectivity index (χ2v) is 18.0. The fourth-order valence-electron chi connectivity index (χ4n) is 9.06. The Morgan fingerprint density at radius 3 is 1.80 bits per heavy atom. The minimum Gasteiger partial charge on any atom is -0.392 e. The second-order valence-electron chi connectivity index (χ2n) is 18.0. The molecule has 2 N–H and O–H groups in total. The van der Waals surface area contributed by atoms with Crippen molar-refractivity contribution in [3.05, 3.63) is 245 Å². The Bertz CT molecular complexity index is 2820. The van der Waals surface area contributed by atoms with Crippen LogP contribution in [0.25, 0.3) is 28.0 Å². The maximum atomic E-state index is 3.65. The third-order valence-electron chi connectivity index (χ3n) is 12.8. The average Bonchev–Trinajstić information content (AvgIpc) is 3.32. The van der Waals surface area contributed by atoms with Gasteiger partial charge in [-0.25, -0.2) is 0 Å². The highest BCUT2D eigenvalue weighted by molar-refractivity contribution is 5.94. The molecule has 3 heteroatoms. The van der Waals surface area contributed by atoms with Gasteiger partial charge in [-0.1, -0.05) is 197 Å². The Morgan fingerprint density at radius 2 is 1.19 bits per heavy atom. The number of para-hydroxylation sites is 1. The standard InChI is InChI=1S/C44H45N3.C10H8.C7H8/c1-30(45-6)15-9-7-10-16-31-27-38-42-39(28-31)44(4,5)37-29-33(32-21-24-35(25-22-32)46-34-17-11-8-12-18-34)23-26-41(37)47(42)40-20-14-13-19-36(40)43(38,2)3;1-2-6-10-8-4-3-7-9(10)5-1;1-7-5-3-2-4-6-7/h7-17,19-29,34,45-46H,18H2,1-6H3;1-8H;2-6H,1H3/b9-7-,16-10-,30-15+;;. The summed E-state index contributed by atoms with van der Waals surface area (Å²) in [5, 5.41) is 9.44. The van der Waals surface area contributed by atoms with E-state index in [1.807, 2.05) is 25.2 Å². The Hall–Kier alpha value is -7.10. The molecule has 1 atom stereocenters. The van der Waals surface area contributed by atoms with E-state index in [0.717, 1.165) is 17.8 Å². The molecule has 0 fully saturated rings. The molecule has 1 aliphatic carbocycles. The van der Waals surface area contributed by atoms with E-state index in [4.69, 9.17) is 0 Å². The number of aryl methyl sites for hydroxylation is 1. The zero-order chi connectivity index (χ0) is 44.7. The lowest BCUT2D eigenvalue weighted by atomic mass is 9.65. The zero-order valence-electron chi connectivity index (χ0n) is 38.4. The fourth-order valence-corrected chi connectivity index (χ4v) is 9.06. The van der Waals surface area contributed by atoms with Gasteiger partial charge in [0.1, 0.15) is 0 Å². The quantitative estimate of drug-likeness (QED) is 0.157. The number of anilines is 4. The number of benzene rings is 7. The predicted octanol–water partition coefficient (Wildman–Crippen LogP) is 15.9. The summed E-state index contributed by atoms with van der Waals surface area (Å²) in [5.74, 6) is 0. The molecule has 1 unspecified atom stereocenters. The Morgan fingerprint density at radius 1 is 0.594 bits per heavy atom. The largest absolute Gasteiger partial charge is 0.392 e. The van der Waals surface area contributed by atoms with Gasteiger partial charge in [0.15, 0.2) is 0 Å². The van der Waals surface area contributed by atoms with Crippen LogP contribution in [0.15, 0.2) is 212 Å². The molecule has 7 aromatic rings. The van der Waals surface area contributed by atoms with Gasteiger partial charge in [-0.2, -0.15) is 0 Å². The van der Waals surface area contributed by atoms with Crippen molar-refractivity contribution < 1.29 is 0 Å². The van der Waals surface area contributed by atoms with Gasteiger partial charge in [0.25, 0.3) is 0 Å². The Kier molecular flexibility index (Phi) is 13.0. The third-order valence-corrected chi connectivity index (χ3v) is 12.8. The molecule has 0 saturated heterocycles. The van der Waals surface area contributed by atoms with Crippen molar-refractivity contribution in [3.8, 4) is 11.1 Å². The summed E-state index contributed by atoms with van der Waals surface area (Å²) in [5.41, 5.74) is 16.3. The van der Waals surface area contributed by atoms with Crippen molar-refractivity contribution in [3.63, 3.8) is 0 Å². The summed E-state index contributed by atoms with van der Waals surface area (Å²) in [6.45, 7) is 13.7. The van der Waals surface area contributed by atoms with Gasteiger partial charge in [-0.3, -0.25) is 0 Å². The lowest BCUT2D eigenvalue weighted by Crippen LogP contribution is -2.38. The molecule has 10 rings (SSSR count). The fraction of sp³-hybridized carbons (Fsp3) is 0.180. The van der Waals surface area contributed by atoms with Gasteiger partial charge in [-0.05, 0) is 119 Å². The molecule has 64 heavy (non-hydrogen) atoms. The van der Waals surface area contributed by atoms with Crippen LogP contribution in [-0.2, 0) is 10.8 Å². The monoisotopic (exact) mass is 835 g/mol. The molecule has 0 aromatic heterocycles. The number of fused-ring (bicyclic) bond motifs is 5.